The minimum atomic E-state index is 0.240. The lowest BCUT2D eigenvalue weighted by Gasteiger charge is -2.08. The number of nitrogens with two attached hydrogens (primary N) is 2. The average molecular weight is 319 g/mol. The molecule has 0 aliphatic carbocycles. The van der Waals surface area contributed by atoms with E-state index < -0.39 is 0 Å². The van der Waals surface area contributed by atoms with Gasteiger partial charge in [-0.25, -0.2) is 9.97 Å². The third-order valence-corrected chi connectivity index (χ3v) is 3.95. The molecule has 0 unspecified atom stereocenters. The number of nitrogens with zero attached hydrogens (tertiary/aromatic N) is 2. The number of hydrogen-bond acceptors (Lipinski definition) is 4. The van der Waals surface area contributed by atoms with Crippen molar-refractivity contribution in [1.29, 1.82) is 0 Å². The lowest BCUT2D eigenvalue weighted by molar-refractivity contribution is 1.18. The van der Waals surface area contributed by atoms with E-state index in [-0.39, 0.29) is 11.6 Å². The molecular weight excluding hydrogens is 307 g/mol. The molecule has 3 aromatic rings. The molecule has 2 aromatic carbocycles. The molecule has 0 saturated heterocycles. The van der Waals surface area contributed by atoms with Gasteiger partial charge >= 0.3 is 0 Å². The Morgan fingerprint density at radius 3 is 2.43 bits per heavy atom. The number of fused-ring (bicyclic) bond motifs is 1. The minimum absolute atomic E-state index is 0.240. The van der Waals surface area contributed by atoms with Crippen LogP contribution in [-0.4, -0.2) is 9.97 Å². The third kappa shape index (κ3) is 2.73. The Morgan fingerprint density at radius 1 is 0.905 bits per heavy atom. The van der Waals surface area contributed by atoms with Crippen molar-refractivity contribution >= 4 is 45.9 Å². The van der Waals surface area contributed by atoms with Crippen LogP contribution in [0.2, 0.25) is 10.0 Å². The van der Waals surface area contributed by atoms with Crippen molar-refractivity contribution in [1.82, 2.24) is 9.97 Å². The molecule has 0 bridgehead atoms. The first-order valence-corrected chi connectivity index (χ1v) is 7.04. The van der Waals surface area contributed by atoms with Gasteiger partial charge in [0.05, 0.1) is 21.1 Å². The molecule has 21 heavy (non-hydrogen) atoms. The summed E-state index contributed by atoms with van der Waals surface area (Å²) >= 11 is 12.0. The van der Waals surface area contributed by atoms with E-state index in [1.165, 1.54) is 0 Å². The molecule has 0 radical (unpaired) electrons. The van der Waals surface area contributed by atoms with Crippen LogP contribution < -0.4 is 11.5 Å². The molecule has 106 valence electrons. The van der Waals surface area contributed by atoms with Gasteiger partial charge in [-0.2, -0.15) is 0 Å². The number of benzene rings is 2. The molecule has 3 rings (SSSR count). The number of rotatable bonds is 2. The van der Waals surface area contributed by atoms with Crippen LogP contribution in [0.15, 0.2) is 36.4 Å². The van der Waals surface area contributed by atoms with E-state index in [9.17, 15) is 0 Å². The fourth-order valence-electron chi connectivity index (χ4n) is 2.17. The number of anilines is 2. The zero-order valence-electron chi connectivity index (χ0n) is 11.0. The van der Waals surface area contributed by atoms with Gasteiger partial charge in [0.25, 0.3) is 0 Å². The van der Waals surface area contributed by atoms with Gasteiger partial charge in [0, 0.05) is 0 Å². The summed E-state index contributed by atoms with van der Waals surface area (Å²) in [5.74, 6) is 0.485. The van der Waals surface area contributed by atoms with Crippen molar-refractivity contribution in [3.8, 4) is 0 Å². The number of aromatic nitrogens is 2. The smallest absolute Gasteiger partial charge is 0.166 e. The molecule has 0 spiro atoms. The molecule has 0 amide bonds. The summed E-state index contributed by atoms with van der Waals surface area (Å²) < 4.78 is 0. The number of hydrogen-bond donors (Lipinski definition) is 2. The standard InChI is InChI=1S/C15H12Cl2N4/c16-10-5-4-8(7-11(10)17)6-9-2-1-3-12-13(9)21-15(19)14(18)20-12/h1-5,7H,6H2,(H2,18,20)(H2,19,21). The zero-order valence-corrected chi connectivity index (χ0v) is 12.5. The maximum absolute atomic E-state index is 6.05. The van der Waals surface area contributed by atoms with E-state index in [1.54, 1.807) is 6.07 Å². The van der Waals surface area contributed by atoms with Gasteiger partial charge in [0.2, 0.25) is 0 Å². The third-order valence-electron chi connectivity index (χ3n) is 3.21. The quantitative estimate of drug-likeness (QED) is 0.755. The molecule has 0 aliphatic heterocycles. The highest BCUT2D eigenvalue weighted by Crippen LogP contribution is 2.26. The fourth-order valence-corrected chi connectivity index (χ4v) is 2.49. The van der Waals surface area contributed by atoms with Gasteiger partial charge in [-0.05, 0) is 35.7 Å². The van der Waals surface area contributed by atoms with Crippen molar-refractivity contribution in [3.63, 3.8) is 0 Å². The van der Waals surface area contributed by atoms with Crippen LogP contribution in [0.4, 0.5) is 11.6 Å². The Labute approximate surface area is 131 Å². The van der Waals surface area contributed by atoms with E-state index in [2.05, 4.69) is 9.97 Å². The predicted molar refractivity (Wildman–Crippen MR) is 87.6 cm³/mol. The number of halogens is 2. The Morgan fingerprint density at radius 2 is 1.67 bits per heavy atom. The summed E-state index contributed by atoms with van der Waals surface area (Å²) in [7, 11) is 0. The normalized spacial score (nSPS) is 11.0. The van der Waals surface area contributed by atoms with Gasteiger partial charge < -0.3 is 11.5 Å². The SMILES string of the molecule is Nc1nc2cccc(Cc3ccc(Cl)c(Cl)c3)c2nc1N. The van der Waals surface area contributed by atoms with Crippen LogP contribution in [0.25, 0.3) is 11.0 Å². The van der Waals surface area contributed by atoms with Crippen molar-refractivity contribution < 1.29 is 0 Å². The first-order chi connectivity index (χ1) is 10.0. The minimum Gasteiger partial charge on any atom is -0.381 e. The lowest BCUT2D eigenvalue weighted by atomic mass is 10.0. The largest absolute Gasteiger partial charge is 0.381 e. The van der Waals surface area contributed by atoms with E-state index in [0.29, 0.717) is 16.5 Å². The van der Waals surface area contributed by atoms with Crippen LogP contribution in [0.3, 0.4) is 0 Å². The highest BCUT2D eigenvalue weighted by atomic mass is 35.5. The van der Waals surface area contributed by atoms with E-state index in [1.807, 2.05) is 30.3 Å². The second kappa shape index (κ2) is 5.39. The molecule has 0 aliphatic rings. The Balaban J connectivity index is 2.07. The highest BCUT2D eigenvalue weighted by Gasteiger charge is 2.08. The summed E-state index contributed by atoms with van der Waals surface area (Å²) in [6, 6.07) is 11.3. The first kappa shape index (κ1) is 13.9. The van der Waals surface area contributed by atoms with E-state index in [4.69, 9.17) is 34.7 Å². The van der Waals surface area contributed by atoms with Crippen LogP contribution in [-0.2, 0) is 6.42 Å². The fraction of sp³-hybridized carbons (Fsp3) is 0.0667. The first-order valence-electron chi connectivity index (χ1n) is 6.29. The summed E-state index contributed by atoms with van der Waals surface area (Å²) in [6.45, 7) is 0. The van der Waals surface area contributed by atoms with Crippen molar-refractivity contribution in [2.24, 2.45) is 0 Å². The predicted octanol–water partition coefficient (Wildman–Crippen LogP) is 3.69. The average Bonchev–Trinajstić information content (AvgIpc) is 2.45. The topological polar surface area (TPSA) is 77.8 Å². The Kier molecular flexibility index (Phi) is 3.57. The van der Waals surface area contributed by atoms with Crippen molar-refractivity contribution in [2.75, 3.05) is 11.5 Å². The molecule has 0 saturated carbocycles. The van der Waals surface area contributed by atoms with Crippen LogP contribution >= 0.6 is 23.2 Å². The molecule has 4 nitrogen and oxygen atoms in total. The van der Waals surface area contributed by atoms with Gasteiger partial charge in [-0.1, -0.05) is 41.4 Å². The molecule has 1 aromatic heterocycles. The van der Waals surface area contributed by atoms with E-state index >= 15 is 0 Å². The summed E-state index contributed by atoms with van der Waals surface area (Å²) in [6.07, 6.45) is 0.659. The molecular formula is C15H12Cl2N4. The summed E-state index contributed by atoms with van der Waals surface area (Å²) in [5.41, 5.74) is 15.0. The van der Waals surface area contributed by atoms with Gasteiger partial charge in [0.1, 0.15) is 0 Å². The number of para-hydroxylation sites is 1. The molecule has 4 N–H and O–H groups in total. The van der Waals surface area contributed by atoms with Crippen LogP contribution in [0.5, 0.6) is 0 Å². The Bertz CT molecular complexity index is 833. The molecule has 0 fully saturated rings. The van der Waals surface area contributed by atoms with Gasteiger partial charge in [-0.15, -0.1) is 0 Å². The monoisotopic (exact) mass is 318 g/mol. The van der Waals surface area contributed by atoms with Crippen LogP contribution in [0.1, 0.15) is 11.1 Å². The summed E-state index contributed by atoms with van der Waals surface area (Å²) in [5, 5.41) is 1.07. The van der Waals surface area contributed by atoms with E-state index in [0.717, 1.165) is 22.2 Å². The van der Waals surface area contributed by atoms with Gasteiger partial charge in [-0.3, -0.25) is 0 Å². The molecule has 6 heteroatoms. The maximum Gasteiger partial charge on any atom is 0.166 e. The Hall–Kier alpha value is -2.04. The zero-order chi connectivity index (χ0) is 15.0. The van der Waals surface area contributed by atoms with Gasteiger partial charge in [0.15, 0.2) is 11.6 Å². The van der Waals surface area contributed by atoms with Crippen molar-refractivity contribution in [3.05, 3.63) is 57.6 Å². The second-order valence-corrected chi connectivity index (χ2v) is 5.52. The highest BCUT2D eigenvalue weighted by molar-refractivity contribution is 6.42. The van der Waals surface area contributed by atoms with Crippen LogP contribution in [0, 0.1) is 0 Å². The molecule has 1 heterocycles. The van der Waals surface area contributed by atoms with Crippen molar-refractivity contribution in [2.45, 2.75) is 6.42 Å². The second-order valence-electron chi connectivity index (χ2n) is 4.70. The number of nitrogen functional groups attached to an aromatic ring is 2. The maximum atomic E-state index is 6.05. The molecule has 0 atom stereocenters. The lowest BCUT2D eigenvalue weighted by Crippen LogP contribution is -2.03. The summed E-state index contributed by atoms with van der Waals surface area (Å²) in [4.78, 5) is 8.59.